The molecule has 0 radical (unpaired) electrons. The van der Waals surface area contributed by atoms with Gasteiger partial charge in [0.1, 0.15) is 11.6 Å². The Kier molecular flexibility index (Phi) is 3.76. The number of halogens is 2. The maximum absolute atomic E-state index is 13.4. The fourth-order valence-electron chi connectivity index (χ4n) is 2.21. The first kappa shape index (κ1) is 13.1. The Labute approximate surface area is 106 Å². The molecule has 1 aromatic rings. The van der Waals surface area contributed by atoms with Crippen molar-refractivity contribution in [2.24, 2.45) is 11.8 Å². The first-order valence-corrected chi connectivity index (χ1v) is 6.14. The third-order valence-electron chi connectivity index (χ3n) is 3.48. The van der Waals surface area contributed by atoms with Gasteiger partial charge in [0.05, 0.1) is 12.1 Å². The Morgan fingerprint density at radius 2 is 1.94 bits per heavy atom. The van der Waals surface area contributed by atoms with E-state index >= 15 is 0 Å². The molecule has 0 heterocycles. The van der Waals surface area contributed by atoms with Crippen LogP contribution in [0.2, 0.25) is 0 Å². The molecule has 0 spiro atoms. The first-order chi connectivity index (χ1) is 8.49. The van der Waals surface area contributed by atoms with Gasteiger partial charge in [0, 0.05) is 6.54 Å². The molecule has 2 atom stereocenters. The minimum absolute atomic E-state index is 0.0566. The van der Waals surface area contributed by atoms with Crippen LogP contribution in [0.25, 0.3) is 0 Å². The van der Waals surface area contributed by atoms with Gasteiger partial charge in [0.2, 0.25) is 0 Å². The van der Waals surface area contributed by atoms with Crippen LogP contribution in [0, 0.1) is 23.5 Å². The molecule has 1 aromatic carbocycles. The van der Waals surface area contributed by atoms with Crippen LogP contribution < -0.4 is 0 Å². The van der Waals surface area contributed by atoms with Gasteiger partial charge >= 0.3 is 0 Å². The summed E-state index contributed by atoms with van der Waals surface area (Å²) in [7, 11) is 1.81. The number of likely N-dealkylation sites (N-methyl/N-ethyl adjacent to an activating group) is 1. The lowest BCUT2D eigenvalue weighted by Gasteiger charge is -2.15. The molecule has 0 bridgehead atoms. The molecule has 0 amide bonds. The van der Waals surface area contributed by atoms with Crippen molar-refractivity contribution in [3.63, 3.8) is 0 Å². The maximum Gasteiger partial charge on any atom is 0.182 e. The van der Waals surface area contributed by atoms with Crippen LogP contribution in [0.15, 0.2) is 18.2 Å². The zero-order valence-electron chi connectivity index (χ0n) is 10.6. The monoisotopic (exact) mass is 253 g/mol. The van der Waals surface area contributed by atoms with Crippen molar-refractivity contribution in [3.8, 4) is 0 Å². The molecule has 2 unspecified atom stereocenters. The summed E-state index contributed by atoms with van der Waals surface area (Å²) < 4.78 is 26.8. The number of rotatable bonds is 5. The Hall–Kier alpha value is -1.29. The molecule has 0 N–H and O–H groups in total. The third-order valence-corrected chi connectivity index (χ3v) is 3.48. The molecule has 98 valence electrons. The van der Waals surface area contributed by atoms with E-state index in [2.05, 4.69) is 6.92 Å². The van der Waals surface area contributed by atoms with Gasteiger partial charge in [-0.25, -0.2) is 8.78 Å². The van der Waals surface area contributed by atoms with Crippen molar-refractivity contribution in [3.05, 3.63) is 35.4 Å². The highest BCUT2D eigenvalue weighted by Crippen LogP contribution is 2.37. The van der Waals surface area contributed by atoms with Crippen LogP contribution in [0.5, 0.6) is 0 Å². The number of ketones is 1. The highest BCUT2D eigenvalue weighted by molar-refractivity contribution is 5.98. The summed E-state index contributed by atoms with van der Waals surface area (Å²) in [6.07, 6.45) is 1.17. The molecule has 2 rings (SSSR count). The van der Waals surface area contributed by atoms with Crippen LogP contribution in [0.1, 0.15) is 23.7 Å². The van der Waals surface area contributed by atoms with E-state index in [0.717, 1.165) is 18.7 Å². The van der Waals surface area contributed by atoms with Gasteiger partial charge in [-0.1, -0.05) is 13.0 Å². The molecule has 18 heavy (non-hydrogen) atoms. The number of hydrogen-bond donors (Lipinski definition) is 0. The van der Waals surface area contributed by atoms with Crippen molar-refractivity contribution >= 4 is 5.78 Å². The summed E-state index contributed by atoms with van der Waals surface area (Å²) in [6.45, 7) is 3.03. The molecule has 1 aliphatic rings. The van der Waals surface area contributed by atoms with Crippen molar-refractivity contribution in [1.82, 2.24) is 4.90 Å². The minimum atomic E-state index is -0.784. The largest absolute Gasteiger partial charge is 0.299 e. The van der Waals surface area contributed by atoms with Gasteiger partial charge in [-0.2, -0.15) is 0 Å². The number of nitrogens with zero attached hydrogens (tertiary/aromatic N) is 1. The van der Waals surface area contributed by atoms with Crippen LogP contribution >= 0.6 is 0 Å². The standard InChI is InChI=1S/C14H17F2NO/c1-9-6-10(9)7-17(2)8-13(18)14-11(15)4-3-5-12(14)16/h3-5,9-10H,6-8H2,1-2H3. The van der Waals surface area contributed by atoms with Crippen LogP contribution in [0.3, 0.4) is 0 Å². The molecule has 0 saturated heterocycles. The van der Waals surface area contributed by atoms with Crippen LogP contribution in [-0.2, 0) is 0 Å². The summed E-state index contributed by atoms with van der Waals surface area (Å²) in [4.78, 5) is 13.7. The van der Waals surface area contributed by atoms with Gasteiger partial charge in [0.15, 0.2) is 5.78 Å². The second kappa shape index (κ2) is 5.14. The summed E-state index contributed by atoms with van der Waals surface area (Å²) in [6, 6.07) is 3.48. The average molecular weight is 253 g/mol. The second-order valence-electron chi connectivity index (χ2n) is 5.19. The zero-order valence-corrected chi connectivity index (χ0v) is 10.6. The predicted molar refractivity (Wildman–Crippen MR) is 65.5 cm³/mol. The number of Topliss-reactive ketones (excluding diaryl/α,β-unsaturated/α-hetero) is 1. The molecule has 2 nitrogen and oxygen atoms in total. The Morgan fingerprint density at radius 3 is 2.44 bits per heavy atom. The van der Waals surface area contributed by atoms with E-state index in [9.17, 15) is 13.6 Å². The summed E-state index contributed by atoms with van der Waals surface area (Å²) in [5, 5.41) is 0. The summed E-state index contributed by atoms with van der Waals surface area (Å²) in [5.74, 6) is -0.746. The molecular weight excluding hydrogens is 236 g/mol. The maximum atomic E-state index is 13.4. The second-order valence-corrected chi connectivity index (χ2v) is 5.19. The van der Waals surface area contributed by atoms with Crippen LogP contribution in [0.4, 0.5) is 8.78 Å². The Bertz CT molecular complexity index is 441. The molecule has 1 saturated carbocycles. The predicted octanol–water partition coefficient (Wildman–Crippen LogP) is 2.74. The lowest BCUT2D eigenvalue weighted by molar-refractivity contribution is 0.0935. The molecule has 1 fully saturated rings. The van der Waals surface area contributed by atoms with Crippen LogP contribution in [-0.4, -0.2) is 30.8 Å². The topological polar surface area (TPSA) is 20.3 Å². The van der Waals surface area contributed by atoms with E-state index in [4.69, 9.17) is 0 Å². The molecule has 0 aliphatic heterocycles. The van der Waals surface area contributed by atoms with Gasteiger partial charge in [-0.15, -0.1) is 0 Å². The average Bonchev–Trinajstić information content (AvgIpc) is 2.93. The summed E-state index contributed by atoms with van der Waals surface area (Å²) >= 11 is 0. The van der Waals surface area contributed by atoms with Crippen molar-refractivity contribution in [2.45, 2.75) is 13.3 Å². The van der Waals surface area contributed by atoms with E-state index in [0.29, 0.717) is 11.8 Å². The van der Waals surface area contributed by atoms with E-state index in [1.54, 1.807) is 0 Å². The van der Waals surface area contributed by atoms with Gasteiger partial charge in [0.25, 0.3) is 0 Å². The van der Waals surface area contributed by atoms with Crippen molar-refractivity contribution in [1.29, 1.82) is 0 Å². The highest BCUT2D eigenvalue weighted by atomic mass is 19.1. The molecule has 1 aliphatic carbocycles. The molecular formula is C14H17F2NO. The fourth-order valence-corrected chi connectivity index (χ4v) is 2.21. The summed E-state index contributed by atoms with van der Waals surface area (Å²) in [5.41, 5.74) is -0.423. The van der Waals surface area contributed by atoms with Crippen molar-refractivity contribution < 1.29 is 13.6 Å². The van der Waals surface area contributed by atoms with Crippen molar-refractivity contribution in [2.75, 3.05) is 20.1 Å². The molecule has 4 heteroatoms. The quantitative estimate of drug-likeness (QED) is 0.752. The zero-order chi connectivity index (χ0) is 13.3. The van der Waals surface area contributed by atoms with E-state index in [1.807, 2.05) is 11.9 Å². The smallest absolute Gasteiger partial charge is 0.182 e. The first-order valence-electron chi connectivity index (χ1n) is 6.14. The number of carbonyl (C=O) groups is 1. The van der Waals surface area contributed by atoms with Gasteiger partial charge < -0.3 is 0 Å². The number of carbonyl (C=O) groups excluding carboxylic acids is 1. The SMILES string of the molecule is CC1CC1CN(C)CC(=O)c1c(F)cccc1F. The minimum Gasteiger partial charge on any atom is -0.299 e. The Morgan fingerprint density at radius 1 is 1.39 bits per heavy atom. The van der Waals surface area contributed by atoms with E-state index < -0.39 is 23.0 Å². The highest BCUT2D eigenvalue weighted by Gasteiger charge is 2.33. The molecule has 0 aromatic heterocycles. The number of benzene rings is 1. The normalized spacial score (nSPS) is 22.3. The Balaban J connectivity index is 1.98. The van der Waals surface area contributed by atoms with Gasteiger partial charge in [-0.3, -0.25) is 9.69 Å². The van der Waals surface area contributed by atoms with E-state index in [1.165, 1.54) is 12.5 Å². The third kappa shape index (κ3) is 2.93. The number of hydrogen-bond acceptors (Lipinski definition) is 2. The lowest BCUT2D eigenvalue weighted by Crippen LogP contribution is -2.29. The lowest BCUT2D eigenvalue weighted by atomic mass is 10.1. The van der Waals surface area contributed by atoms with E-state index in [-0.39, 0.29) is 6.54 Å². The van der Waals surface area contributed by atoms with Gasteiger partial charge in [-0.05, 0) is 37.4 Å². The fraction of sp³-hybridized carbons (Fsp3) is 0.500.